The highest BCUT2D eigenvalue weighted by atomic mass is 31.2. The predicted octanol–water partition coefficient (Wildman–Crippen LogP) is 11.2. The molecule has 1 heterocycles. The van der Waals surface area contributed by atoms with Gasteiger partial charge in [0.2, 0.25) is 0 Å². The van der Waals surface area contributed by atoms with E-state index in [9.17, 15) is 24.2 Å². The van der Waals surface area contributed by atoms with Crippen molar-refractivity contribution in [1.29, 1.82) is 0 Å². The van der Waals surface area contributed by atoms with Crippen molar-refractivity contribution < 1.29 is 51.6 Å². The standard InChI is InChI=1S/C50H84NO10P/c1-8-10-12-13-22-28-33-45(52)34-29-23-18-14-16-21-26-32-38-50(54)60-46(42-59-62(55,56)58-40-39-51(5,6)7)41-57-49(53)37-31-25-20-17-15-19-24-30-36-48-44(4)43(3)47(61-48)35-27-11-9-2/h10,12,16,18,21-23,28-29,34,45-46,52H,8-9,11,13-15,17,19-20,24-27,30-33,35-42H2,1-7H3/b12-10-,21-16-,23-18-,28-22-,34-29+/t45?,46-/m1/s1. The van der Waals surface area contributed by atoms with Crippen LogP contribution in [-0.4, -0.2) is 81.2 Å². The summed E-state index contributed by atoms with van der Waals surface area (Å²) in [4.78, 5) is 37.7. The van der Waals surface area contributed by atoms with Crippen LogP contribution in [0.3, 0.4) is 0 Å². The molecule has 62 heavy (non-hydrogen) atoms. The summed E-state index contributed by atoms with van der Waals surface area (Å²) >= 11 is 0. The number of aliphatic hydroxyl groups excluding tert-OH is 1. The second kappa shape index (κ2) is 35.3. The minimum absolute atomic E-state index is 0.0620. The molecule has 0 amide bonds. The van der Waals surface area contributed by atoms with E-state index in [2.05, 4.69) is 39.8 Å². The third kappa shape index (κ3) is 31.7. The van der Waals surface area contributed by atoms with Crippen molar-refractivity contribution in [2.45, 2.75) is 175 Å². The molecule has 2 unspecified atom stereocenters. The average molecular weight is 890 g/mol. The molecular weight excluding hydrogens is 806 g/mol. The molecule has 11 nitrogen and oxygen atoms in total. The van der Waals surface area contributed by atoms with Gasteiger partial charge in [-0.15, -0.1) is 0 Å². The Morgan fingerprint density at radius 2 is 1.32 bits per heavy atom. The molecule has 0 radical (unpaired) electrons. The monoisotopic (exact) mass is 890 g/mol. The summed E-state index contributed by atoms with van der Waals surface area (Å²) in [5.41, 5.74) is 2.64. The van der Waals surface area contributed by atoms with E-state index < -0.39 is 38.6 Å². The van der Waals surface area contributed by atoms with E-state index in [0.717, 1.165) is 63.5 Å². The first-order valence-corrected chi connectivity index (χ1v) is 24.9. The highest BCUT2D eigenvalue weighted by molar-refractivity contribution is 7.45. The number of aliphatic hydroxyl groups is 1. The van der Waals surface area contributed by atoms with Crippen LogP contribution in [0.25, 0.3) is 0 Å². The molecular formula is C50H84NO10P. The minimum Gasteiger partial charge on any atom is -0.756 e. The number of carbonyl (C=O) groups excluding carboxylic acids is 2. The summed E-state index contributed by atoms with van der Waals surface area (Å²) < 4.78 is 40.1. The molecule has 0 bridgehead atoms. The normalized spacial score (nSPS) is 14.5. The fraction of sp³-hybridized carbons (Fsp3) is 0.680. The number of aryl methyl sites for hydroxylation is 2. The van der Waals surface area contributed by atoms with E-state index in [1.54, 1.807) is 6.08 Å². The number of hydrogen-bond acceptors (Lipinski definition) is 10. The van der Waals surface area contributed by atoms with Crippen molar-refractivity contribution in [3.05, 3.63) is 83.4 Å². The summed E-state index contributed by atoms with van der Waals surface area (Å²) in [6.07, 6.45) is 36.8. The smallest absolute Gasteiger partial charge is 0.306 e. The Balaban J connectivity index is 2.41. The molecule has 0 aliphatic rings. The number of phosphoric ester groups is 1. The number of phosphoric acid groups is 1. The molecule has 0 aliphatic carbocycles. The number of hydrogen-bond donors (Lipinski definition) is 1. The summed E-state index contributed by atoms with van der Waals surface area (Å²) in [6.45, 7) is 8.24. The van der Waals surface area contributed by atoms with Gasteiger partial charge in [0.1, 0.15) is 31.3 Å². The van der Waals surface area contributed by atoms with Crippen LogP contribution in [0.2, 0.25) is 0 Å². The van der Waals surface area contributed by atoms with Crippen LogP contribution >= 0.6 is 7.82 Å². The van der Waals surface area contributed by atoms with Gasteiger partial charge in [-0.05, 0) is 82.8 Å². The van der Waals surface area contributed by atoms with Crippen LogP contribution in [0.5, 0.6) is 0 Å². The molecule has 3 atom stereocenters. The van der Waals surface area contributed by atoms with Gasteiger partial charge < -0.3 is 37.4 Å². The van der Waals surface area contributed by atoms with E-state index in [1.807, 2.05) is 63.7 Å². The zero-order valence-electron chi connectivity index (χ0n) is 39.6. The average Bonchev–Trinajstić information content (AvgIpc) is 3.48. The van der Waals surface area contributed by atoms with E-state index in [4.69, 9.17) is 22.9 Å². The predicted molar refractivity (Wildman–Crippen MR) is 250 cm³/mol. The van der Waals surface area contributed by atoms with Crippen LogP contribution in [0.1, 0.15) is 158 Å². The molecule has 1 aromatic rings. The molecule has 1 N–H and O–H groups in total. The van der Waals surface area contributed by atoms with Gasteiger partial charge in [-0.2, -0.15) is 0 Å². The van der Waals surface area contributed by atoms with Gasteiger partial charge >= 0.3 is 11.9 Å². The molecule has 0 spiro atoms. The number of quaternary nitrogens is 1. The fourth-order valence-electron chi connectivity index (χ4n) is 6.36. The largest absolute Gasteiger partial charge is 0.756 e. The first kappa shape index (κ1) is 57.0. The first-order chi connectivity index (χ1) is 29.7. The Kier molecular flexibility index (Phi) is 32.5. The molecule has 354 valence electrons. The lowest BCUT2D eigenvalue weighted by Crippen LogP contribution is -2.37. The number of likely N-dealkylation sites (N-methyl/N-ethyl adjacent to an activating group) is 1. The van der Waals surface area contributed by atoms with Crippen LogP contribution in [0.4, 0.5) is 0 Å². The summed E-state index contributed by atoms with van der Waals surface area (Å²) in [5.74, 6) is 1.35. The number of allylic oxidation sites excluding steroid dienone is 8. The molecule has 12 heteroatoms. The molecule has 0 saturated carbocycles. The van der Waals surface area contributed by atoms with Gasteiger partial charge in [-0.3, -0.25) is 14.2 Å². The maximum Gasteiger partial charge on any atom is 0.306 e. The van der Waals surface area contributed by atoms with Crippen molar-refractivity contribution in [3.8, 4) is 0 Å². The van der Waals surface area contributed by atoms with Crippen molar-refractivity contribution in [2.24, 2.45) is 0 Å². The highest BCUT2D eigenvalue weighted by Crippen LogP contribution is 2.38. The Morgan fingerprint density at radius 1 is 0.726 bits per heavy atom. The van der Waals surface area contributed by atoms with Gasteiger partial charge in [-0.25, -0.2) is 0 Å². The first-order valence-electron chi connectivity index (χ1n) is 23.5. The van der Waals surface area contributed by atoms with E-state index in [-0.39, 0.29) is 26.1 Å². The number of carbonyl (C=O) groups is 2. The Morgan fingerprint density at radius 3 is 1.98 bits per heavy atom. The third-order valence-electron chi connectivity index (χ3n) is 10.3. The molecule has 0 saturated heterocycles. The van der Waals surface area contributed by atoms with Gasteiger partial charge in [-0.1, -0.05) is 126 Å². The summed E-state index contributed by atoms with van der Waals surface area (Å²) in [7, 11) is 1.06. The third-order valence-corrected chi connectivity index (χ3v) is 11.3. The lowest BCUT2D eigenvalue weighted by Gasteiger charge is -2.28. The SMILES string of the molecule is CC/C=C\C/C=C\CC(O)/C=C/C=C\C/C=C\CCCC(=O)O[C@H](COC(=O)CCCCCCCCCCc1oc(CCCCC)c(C)c1C)COP(=O)([O-])OCC[N+](C)(C)C. The minimum atomic E-state index is -4.67. The van der Waals surface area contributed by atoms with Gasteiger partial charge in [0, 0.05) is 25.7 Å². The highest BCUT2D eigenvalue weighted by Gasteiger charge is 2.22. The number of furan rings is 1. The quantitative estimate of drug-likeness (QED) is 0.0170. The lowest BCUT2D eigenvalue weighted by atomic mass is 10.0. The second-order valence-corrected chi connectivity index (χ2v) is 18.6. The van der Waals surface area contributed by atoms with Gasteiger partial charge in [0.25, 0.3) is 7.82 Å². The molecule has 0 aliphatic heterocycles. The Hall–Kier alpha value is -3.05. The lowest BCUT2D eigenvalue weighted by molar-refractivity contribution is -0.870. The fourth-order valence-corrected chi connectivity index (χ4v) is 7.09. The van der Waals surface area contributed by atoms with Crippen LogP contribution in [0.15, 0.2) is 65.2 Å². The zero-order valence-corrected chi connectivity index (χ0v) is 40.5. The zero-order chi connectivity index (χ0) is 45.9. The molecule has 1 rings (SSSR count). The van der Waals surface area contributed by atoms with Gasteiger partial charge in [0.05, 0.1) is 33.9 Å². The van der Waals surface area contributed by atoms with Crippen molar-refractivity contribution in [2.75, 3.05) is 47.5 Å². The number of rotatable bonds is 38. The molecule has 0 aromatic carbocycles. The number of nitrogens with zero attached hydrogens (tertiary/aromatic N) is 1. The van der Waals surface area contributed by atoms with Crippen LogP contribution < -0.4 is 4.89 Å². The maximum absolute atomic E-state index is 12.7. The van der Waals surface area contributed by atoms with Crippen LogP contribution in [0, 0.1) is 13.8 Å². The molecule has 1 aromatic heterocycles. The van der Waals surface area contributed by atoms with E-state index in [1.165, 1.54) is 49.0 Å². The number of ether oxygens (including phenoxy) is 2. The number of unbranched alkanes of at least 4 members (excludes halogenated alkanes) is 10. The summed E-state index contributed by atoms with van der Waals surface area (Å²) in [6, 6.07) is 0. The van der Waals surface area contributed by atoms with E-state index in [0.29, 0.717) is 43.1 Å². The van der Waals surface area contributed by atoms with E-state index >= 15 is 0 Å². The maximum atomic E-state index is 12.7. The topological polar surface area (TPSA) is 145 Å². The van der Waals surface area contributed by atoms with Crippen LogP contribution in [-0.2, 0) is 45.5 Å². The van der Waals surface area contributed by atoms with Crippen molar-refractivity contribution in [3.63, 3.8) is 0 Å². The Labute approximate surface area is 375 Å². The Bertz CT molecular complexity index is 1540. The van der Waals surface area contributed by atoms with Crippen molar-refractivity contribution >= 4 is 19.8 Å². The molecule has 0 fully saturated rings. The summed E-state index contributed by atoms with van der Waals surface area (Å²) in [5, 5.41) is 10.0. The second-order valence-electron chi connectivity index (χ2n) is 17.2. The number of esters is 2. The van der Waals surface area contributed by atoms with Crippen molar-refractivity contribution in [1.82, 2.24) is 0 Å². The van der Waals surface area contributed by atoms with Gasteiger partial charge in [0.15, 0.2) is 6.10 Å².